The highest BCUT2D eigenvalue weighted by molar-refractivity contribution is 7.99. The molecule has 312 valence electrons. The van der Waals surface area contributed by atoms with Crippen LogP contribution in [-0.2, 0) is 14.1 Å². The maximum atomic E-state index is 4.34. The van der Waals surface area contributed by atoms with Crippen LogP contribution < -0.4 is 0 Å². The number of rotatable bonds is 14. The summed E-state index contributed by atoms with van der Waals surface area (Å²) < 4.78 is 4.02. The Morgan fingerprint density at radius 2 is 1.02 bits per heavy atom. The number of hydrogen-bond acceptors (Lipinski definition) is 12. The van der Waals surface area contributed by atoms with Crippen LogP contribution >= 0.6 is 23.5 Å². The molecule has 6 aromatic rings. The first-order valence-electron chi connectivity index (χ1n) is 21.4. The Bertz CT molecular complexity index is 2170. The van der Waals surface area contributed by atoms with Gasteiger partial charge in [0.25, 0.3) is 0 Å². The highest BCUT2D eigenvalue weighted by atomic mass is 32.2. The monoisotopic (exact) mass is 840 g/mol. The van der Waals surface area contributed by atoms with Gasteiger partial charge in [0.2, 0.25) is 0 Å². The summed E-state index contributed by atoms with van der Waals surface area (Å²) in [5.74, 6) is 5.19. The molecule has 2 aliphatic carbocycles. The number of benzene rings is 2. The van der Waals surface area contributed by atoms with Crippen LogP contribution in [0.2, 0.25) is 0 Å². The minimum absolute atomic E-state index is 0.553. The summed E-state index contributed by atoms with van der Waals surface area (Å²) >= 11 is 3.55. The molecule has 14 heteroatoms. The molecule has 2 saturated carbocycles. The fourth-order valence-electron chi connectivity index (χ4n) is 9.55. The summed E-state index contributed by atoms with van der Waals surface area (Å²) in [6.07, 6.45) is 17.9. The van der Waals surface area contributed by atoms with Gasteiger partial charge in [-0.3, -0.25) is 9.97 Å². The molecule has 12 nitrogen and oxygen atoms in total. The van der Waals surface area contributed by atoms with Crippen molar-refractivity contribution >= 4 is 23.5 Å². The van der Waals surface area contributed by atoms with Gasteiger partial charge in [0.05, 0.1) is 12.4 Å². The van der Waals surface area contributed by atoms with Gasteiger partial charge in [-0.1, -0.05) is 83.2 Å². The van der Waals surface area contributed by atoms with E-state index in [0.717, 1.165) is 56.7 Å². The van der Waals surface area contributed by atoms with Crippen LogP contribution in [0.4, 0.5) is 0 Å². The van der Waals surface area contributed by atoms with Crippen molar-refractivity contribution < 1.29 is 0 Å². The maximum Gasteiger partial charge on any atom is 0.191 e. The van der Waals surface area contributed by atoms with E-state index in [1.54, 1.807) is 71.8 Å². The van der Waals surface area contributed by atoms with Gasteiger partial charge < -0.3 is 18.9 Å². The van der Waals surface area contributed by atoms with E-state index < -0.39 is 0 Å². The third-order valence-corrected chi connectivity index (χ3v) is 15.4. The van der Waals surface area contributed by atoms with Crippen molar-refractivity contribution in [3.05, 3.63) is 108 Å². The summed E-state index contributed by atoms with van der Waals surface area (Å²) in [5.41, 5.74) is 8.41. The largest absolute Gasteiger partial charge is 0.304 e. The van der Waals surface area contributed by atoms with Crippen LogP contribution in [0.3, 0.4) is 0 Å². The normalized spacial score (nSPS) is 23.3. The van der Waals surface area contributed by atoms with E-state index in [0.29, 0.717) is 10.8 Å². The van der Waals surface area contributed by atoms with Gasteiger partial charge in [-0.25, -0.2) is 9.97 Å². The van der Waals surface area contributed by atoms with Gasteiger partial charge in [0.15, 0.2) is 22.0 Å². The van der Waals surface area contributed by atoms with Crippen molar-refractivity contribution in [2.45, 2.75) is 74.5 Å². The lowest BCUT2D eigenvalue weighted by molar-refractivity contribution is 0.319. The molecular formula is C46H56N12S2. The summed E-state index contributed by atoms with van der Waals surface area (Å²) in [7, 11) is 3.99. The first-order chi connectivity index (χ1) is 29.3. The fourth-order valence-corrected chi connectivity index (χ4v) is 11.2. The van der Waals surface area contributed by atoms with Crippen molar-refractivity contribution in [2.75, 3.05) is 50.8 Å². The maximum absolute atomic E-state index is 4.34. The van der Waals surface area contributed by atoms with Crippen molar-refractivity contribution in [1.29, 1.82) is 0 Å². The van der Waals surface area contributed by atoms with Gasteiger partial charge in [0, 0.05) is 63.5 Å². The highest BCUT2D eigenvalue weighted by Crippen LogP contribution is 2.65. The average Bonchev–Trinajstić information content (AvgIpc) is 3.80. The molecule has 60 heavy (non-hydrogen) atoms. The molecule has 2 spiro atoms. The third-order valence-electron chi connectivity index (χ3n) is 13.2. The summed E-state index contributed by atoms with van der Waals surface area (Å²) in [6.45, 7) is 11.7. The zero-order valence-electron chi connectivity index (χ0n) is 35.3. The second-order valence-electron chi connectivity index (χ2n) is 17.4. The third kappa shape index (κ3) is 9.07. The van der Waals surface area contributed by atoms with Gasteiger partial charge in [0.1, 0.15) is 11.4 Å². The van der Waals surface area contributed by atoms with E-state index in [-0.39, 0.29) is 0 Å². The lowest BCUT2D eigenvalue weighted by Crippen LogP contribution is -2.23. The molecule has 4 aromatic heterocycles. The van der Waals surface area contributed by atoms with Crippen LogP contribution in [0.5, 0.6) is 0 Å². The highest BCUT2D eigenvalue weighted by Gasteiger charge is 2.58. The topological polar surface area (TPSA) is 119 Å². The Hall–Kier alpha value is -4.50. The lowest BCUT2D eigenvalue weighted by Gasteiger charge is -2.16. The number of thioether (sulfide) groups is 2. The van der Waals surface area contributed by atoms with E-state index in [9.17, 15) is 0 Å². The molecule has 2 saturated heterocycles. The molecule has 0 radical (unpaired) electrons. The molecule has 0 unspecified atom stereocenters. The van der Waals surface area contributed by atoms with Crippen LogP contribution in [-0.4, -0.2) is 110 Å². The zero-order chi connectivity index (χ0) is 41.1. The quantitative estimate of drug-likeness (QED) is 0.0784. The fraction of sp³-hybridized carbons (Fsp3) is 0.478. The minimum Gasteiger partial charge on any atom is -0.304 e. The molecule has 0 bridgehead atoms. The Morgan fingerprint density at radius 3 is 1.42 bits per heavy atom. The van der Waals surface area contributed by atoms with E-state index >= 15 is 0 Å². The Kier molecular flexibility index (Phi) is 12.2. The van der Waals surface area contributed by atoms with Crippen LogP contribution in [0.1, 0.15) is 72.6 Å². The predicted octanol–water partition coefficient (Wildman–Crippen LogP) is 7.88. The molecular weight excluding hydrogens is 785 g/mol. The van der Waals surface area contributed by atoms with E-state index in [1.165, 1.54) is 88.9 Å². The molecule has 10 rings (SSSR count). The number of likely N-dealkylation sites (tertiary alicyclic amines) is 2. The van der Waals surface area contributed by atoms with E-state index in [4.69, 9.17) is 0 Å². The van der Waals surface area contributed by atoms with Crippen LogP contribution in [0.25, 0.3) is 23.0 Å². The number of nitrogens with zero attached hydrogens (tertiary/aromatic N) is 12. The van der Waals surface area contributed by atoms with Crippen molar-refractivity contribution in [3.63, 3.8) is 0 Å². The molecule has 0 N–H and O–H groups in total. The summed E-state index contributed by atoms with van der Waals surface area (Å²) in [6, 6.07) is 18.4. The van der Waals surface area contributed by atoms with Crippen molar-refractivity contribution in [3.8, 4) is 23.0 Å². The molecule has 0 amide bonds. The van der Waals surface area contributed by atoms with Crippen molar-refractivity contribution in [2.24, 2.45) is 24.9 Å². The number of aromatic nitrogens is 10. The van der Waals surface area contributed by atoms with Crippen LogP contribution in [0.15, 0.2) is 96.0 Å². The van der Waals surface area contributed by atoms with Crippen LogP contribution in [0, 0.1) is 24.7 Å². The standard InChI is InChI=1S/2C23H28N6S/c2*1-17-4-6-18(7-5-17)19-14-23(19)8-12-29(16-23)11-3-13-30-22-27-26-21(28(22)2)20-15-24-9-10-25-20/h2*4-7,9-10,15,19H,3,8,11-14,16H2,1-2H3/t2*19-,23+/m10/s1. The molecule has 6 heterocycles. The van der Waals surface area contributed by atoms with Crippen molar-refractivity contribution in [1.82, 2.24) is 59.3 Å². The molecule has 4 fully saturated rings. The molecule has 4 atom stereocenters. The van der Waals surface area contributed by atoms with Gasteiger partial charge in [-0.05, 0) is 112 Å². The molecule has 4 aliphatic rings. The first kappa shape index (κ1) is 40.9. The Labute approximate surface area is 362 Å². The predicted molar refractivity (Wildman–Crippen MR) is 239 cm³/mol. The lowest BCUT2D eigenvalue weighted by atomic mass is 9.98. The Morgan fingerprint density at radius 1 is 0.583 bits per heavy atom. The summed E-state index contributed by atoms with van der Waals surface area (Å²) in [5, 5.41) is 19.1. The van der Waals surface area contributed by atoms with E-state index in [2.05, 4.69) is 113 Å². The number of aryl methyl sites for hydroxylation is 2. The molecule has 2 aromatic carbocycles. The average molecular weight is 841 g/mol. The second-order valence-corrected chi connectivity index (χ2v) is 19.6. The smallest absolute Gasteiger partial charge is 0.191 e. The Balaban J connectivity index is 0.000000154. The zero-order valence-corrected chi connectivity index (χ0v) is 37.0. The van der Waals surface area contributed by atoms with Gasteiger partial charge >= 0.3 is 0 Å². The minimum atomic E-state index is 0.553. The van der Waals surface area contributed by atoms with E-state index in [1.807, 2.05) is 23.2 Å². The SMILES string of the molecule is Cc1ccc([C@@H]2C[C@@]23CCN(CCCSc2nnc(-c4cnccn4)n2C)C3)cc1.Cc1ccc([C@H]2C[C@]23CCN(CCCSc2nnc(-c4cnccn4)n2C)C3)cc1. The van der Waals surface area contributed by atoms with Gasteiger partial charge in [-0.15, -0.1) is 20.4 Å². The summed E-state index contributed by atoms with van der Waals surface area (Å²) in [4.78, 5) is 22.2. The number of hydrogen-bond donors (Lipinski definition) is 0. The molecule has 2 aliphatic heterocycles. The second kappa shape index (κ2) is 17.8. The van der Waals surface area contributed by atoms with Gasteiger partial charge in [-0.2, -0.15) is 0 Å². The first-order valence-corrected chi connectivity index (χ1v) is 23.4.